The molecule has 152 valence electrons. The van der Waals surface area contributed by atoms with E-state index >= 15 is 0 Å². The molecule has 0 aliphatic rings. The van der Waals surface area contributed by atoms with Gasteiger partial charge in [0.15, 0.2) is 0 Å². The summed E-state index contributed by atoms with van der Waals surface area (Å²) in [7, 11) is -3.88. The third-order valence-electron chi connectivity index (χ3n) is 4.12. The number of rotatable bonds is 9. The van der Waals surface area contributed by atoms with Crippen LogP contribution < -0.4 is 5.32 Å². The van der Waals surface area contributed by atoms with E-state index in [1.165, 1.54) is 12.1 Å². The minimum absolute atomic E-state index is 0.00959. The van der Waals surface area contributed by atoms with Gasteiger partial charge in [0.2, 0.25) is 15.9 Å². The minimum Gasteiger partial charge on any atom is -0.355 e. The number of carbonyl (C=O) groups excluding carboxylic acids is 1. The van der Waals surface area contributed by atoms with Gasteiger partial charge >= 0.3 is 0 Å². The molecule has 1 amide bonds. The summed E-state index contributed by atoms with van der Waals surface area (Å²) >= 11 is 9.51. The van der Waals surface area contributed by atoms with Gasteiger partial charge in [0.05, 0.1) is 11.4 Å². The monoisotopic (exact) mass is 486 g/mol. The highest BCUT2D eigenvalue weighted by atomic mass is 79.9. The molecule has 0 unspecified atom stereocenters. The predicted octanol–water partition coefficient (Wildman–Crippen LogP) is 4.46. The van der Waals surface area contributed by atoms with Gasteiger partial charge in [-0.3, -0.25) is 4.79 Å². The van der Waals surface area contributed by atoms with Crippen molar-refractivity contribution in [3.8, 4) is 0 Å². The third-order valence-corrected chi connectivity index (χ3v) is 6.82. The van der Waals surface area contributed by atoms with Gasteiger partial charge in [0.25, 0.3) is 0 Å². The average Bonchev–Trinajstić information content (AvgIpc) is 2.63. The topological polar surface area (TPSA) is 66.5 Å². The van der Waals surface area contributed by atoms with Crippen LogP contribution in [0.2, 0.25) is 5.02 Å². The maximum atomic E-state index is 13.2. The van der Waals surface area contributed by atoms with Gasteiger partial charge < -0.3 is 5.32 Å². The Bertz CT molecular complexity index is 902. The number of carbonyl (C=O) groups is 1. The summed E-state index contributed by atoms with van der Waals surface area (Å²) in [6.07, 6.45) is 0.829. The van der Waals surface area contributed by atoms with Crippen LogP contribution in [0.25, 0.3) is 0 Å². The second-order valence-corrected chi connectivity index (χ2v) is 10.1. The molecule has 0 fully saturated rings. The van der Waals surface area contributed by atoms with Crippen LogP contribution >= 0.6 is 27.5 Å². The molecule has 28 heavy (non-hydrogen) atoms. The van der Waals surface area contributed by atoms with Crippen LogP contribution in [-0.4, -0.2) is 31.7 Å². The molecule has 0 heterocycles. The first-order valence-electron chi connectivity index (χ1n) is 8.96. The van der Waals surface area contributed by atoms with E-state index in [-0.39, 0.29) is 23.9 Å². The molecule has 8 heteroatoms. The number of amides is 1. The molecular weight excluding hydrogens is 464 g/mol. The lowest BCUT2D eigenvalue weighted by Gasteiger charge is -2.22. The molecule has 2 rings (SSSR count). The number of halogens is 2. The predicted molar refractivity (Wildman–Crippen MR) is 116 cm³/mol. The van der Waals surface area contributed by atoms with E-state index in [9.17, 15) is 13.2 Å². The molecule has 0 saturated carbocycles. The van der Waals surface area contributed by atoms with Gasteiger partial charge in [0, 0.05) is 22.6 Å². The van der Waals surface area contributed by atoms with Crippen molar-refractivity contribution in [2.45, 2.75) is 31.7 Å². The Labute approximate surface area is 180 Å². The second-order valence-electron chi connectivity index (χ2n) is 6.85. The average molecular weight is 488 g/mol. The Hall–Kier alpha value is -1.41. The van der Waals surface area contributed by atoms with E-state index in [0.29, 0.717) is 23.0 Å². The Kier molecular flexibility index (Phi) is 8.49. The van der Waals surface area contributed by atoms with Crippen LogP contribution in [0.4, 0.5) is 0 Å². The third kappa shape index (κ3) is 6.58. The molecular formula is C20H24BrClN2O3S. The lowest BCUT2D eigenvalue weighted by Crippen LogP contribution is -2.40. The molecule has 0 atom stereocenters. The number of nitrogens with zero attached hydrogens (tertiary/aromatic N) is 1. The van der Waals surface area contributed by atoms with E-state index < -0.39 is 10.0 Å². The highest BCUT2D eigenvalue weighted by Crippen LogP contribution is 2.23. The van der Waals surface area contributed by atoms with Crippen LogP contribution in [0, 0.1) is 5.92 Å². The highest BCUT2D eigenvalue weighted by molar-refractivity contribution is 9.10. The van der Waals surface area contributed by atoms with Crippen molar-refractivity contribution in [1.29, 1.82) is 0 Å². The van der Waals surface area contributed by atoms with Crippen molar-refractivity contribution in [2.75, 3.05) is 13.1 Å². The normalized spacial score (nSPS) is 11.8. The van der Waals surface area contributed by atoms with Crippen LogP contribution in [0.1, 0.15) is 25.8 Å². The van der Waals surface area contributed by atoms with Gasteiger partial charge in [-0.15, -0.1) is 0 Å². The number of hydrogen-bond acceptors (Lipinski definition) is 3. The summed E-state index contributed by atoms with van der Waals surface area (Å²) in [4.78, 5) is 12.5. The first-order chi connectivity index (χ1) is 13.2. The Morgan fingerprint density at radius 2 is 1.79 bits per heavy atom. The molecule has 2 aromatic carbocycles. The van der Waals surface area contributed by atoms with Crippen LogP contribution in [-0.2, 0) is 21.4 Å². The van der Waals surface area contributed by atoms with Gasteiger partial charge in [-0.05, 0) is 48.2 Å². The fraction of sp³-hybridized carbons (Fsp3) is 0.350. The lowest BCUT2D eigenvalue weighted by molar-refractivity contribution is -0.121. The van der Waals surface area contributed by atoms with Crippen molar-refractivity contribution in [1.82, 2.24) is 9.62 Å². The molecule has 0 aromatic heterocycles. The first-order valence-corrected chi connectivity index (χ1v) is 11.6. The molecule has 2 aromatic rings. The van der Waals surface area contributed by atoms with E-state index in [0.717, 1.165) is 15.2 Å². The van der Waals surface area contributed by atoms with E-state index in [2.05, 4.69) is 35.1 Å². The molecule has 0 bridgehead atoms. The molecule has 0 saturated heterocycles. The lowest BCUT2D eigenvalue weighted by atomic mass is 10.1. The number of nitrogens with one attached hydrogen (secondary N) is 1. The zero-order chi connectivity index (χ0) is 20.7. The van der Waals surface area contributed by atoms with Crippen molar-refractivity contribution in [3.05, 3.63) is 63.6 Å². The second kappa shape index (κ2) is 10.4. The summed E-state index contributed by atoms with van der Waals surface area (Å²) in [5.74, 6) is 0.111. The Morgan fingerprint density at radius 3 is 2.39 bits per heavy atom. The molecule has 0 radical (unpaired) electrons. The minimum atomic E-state index is -3.88. The summed E-state index contributed by atoms with van der Waals surface area (Å²) in [6, 6.07) is 13.3. The largest absolute Gasteiger partial charge is 0.355 e. The molecule has 5 nitrogen and oxygen atoms in total. The van der Waals surface area contributed by atoms with Crippen molar-refractivity contribution in [3.63, 3.8) is 0 Å². The number of benzene rings is 2. The van der Waals surface area contributed by atoms with Crippen LogP contribution in [0.15, 0.2) is 57.9 Å². The van der Waals surface area contributed by atoms with Crippen molar-refractivity contribution in [2.24, 2.45) is 5.92 Å². The zero-order valence-corrected chi connectivity index (χ0v) is 19.0. The van der Waals surface area contributed by atoms with Gasteiger partial charge in [0.1, 0.15) is 0 Å². The maximum absolute atomic E-state index is 13.2. The maximum Gasteiger partial charge on any atom is 0.243 e. The van der Waals surface area contributed by atoms with Crippen molar-refractivity contribution >= 4 is 43.5 Å². The standard InChI is InChI=1S/C20H24BrClN2O3S/c1-15(2)11-12-23-20(25)14-24(13-16-5-3-4-6-19(16)22)28(26,27)18-9-7-17(21)8-10-18/h3-10,15H,11-14H2,1-2H3,(H,23,25). The van der Waals surface area contributed by atoms with Crippen molar-refractivity contribution < 1.29 is 13.2 Å². The molecule has 1 N–H and O–H groups in total. The number of sulfonamides is 1. The first kappa shape index (κ1) is 22.9. The Balaban J connectivity index is 2.26. The molecule has 0 aliphatic carbocycles. The van der Waals surface area contributed by atoms with Crippen LogP contribution in [0.3, 0.4) is 0 Å². The summed E-state index contributed by atoms with van der Waals surface area (Å²) in [6.45, 7) is 4.37. The fourth-order valence-electron chi connectivity index (χ4n) is 2.51. The SMILES string of the molecule is CC(C)CCNC(=O)CN(Cc1ccccc1Cl)S(=O)(=O)c1ccc(Br)cc1. The smallest absolute Gasteiger partial charge is 0.243 e. The highest BCUT2D eigenvalue weighted by Gasteiger charge is 2.27. The van der Waals surface area contributed by atoms with Gasteiger partial charge in [-0.1, -0.05) is 59.6 Å². The number of hydrogen-bond donors (Lipinski definition) is 1. The van der Waals surface area contributed by atoms with Crippen LogP contribution in [0.5, 0.6) is 0 Å². The summed E-state index contributed by atoms with van der Waals surface area (Å²) in [5.41, 5.74) is 0.639. The van der Waals surface area contributed by atoms with E-state index in [4.69, 9.17) is 11.6 Å². The quantitative estimate of drug-likeness (QED) is 0.568. The Morgan fingerprint density at radius 1 is 1.14 bits per heavy atom. The summed E-state index contributed by atoms with van der Waals surface area (Å²) < 4.78 is 28.3. The van der Waals surface area contributed by atoms with E-state index in [1.807, 2.05) is 0 Å². The van der Waals surface area contributed by atoms with Gasteiger partial charge in [-0.25, -0.2) is 8.42 Å². The van der Waals surface area contributed by atoms with E-state index in [1.54, 1.807) is 36.4 Å². The molecule has 0 spiro atoms. The zero-order valence-electron chi connectivity index (χ0n) is 15.9. The molecule has 0 aliphatic heterocycles. The van der Waals surface area contributed by atoms with Gasteiger partial charge in [-0.2, -0.15) is 4.31 Å². The summed E-state index contributed by atoms with van der Waals surface area (Å²) in [5, 5.41) is 3.25. The fourth-order valence-corrected chi connectivity index (χ4v) is 4.35.